The Balaban J connectivity index is 1.50. The maximum Gasteiger partial charge on any atom is 0.362 e. The summed E-state index contributed by atoms with van der Waals surface area (Å²) < 4.78 is 4.78. The quantitative estimate of drug-likeness (QED) is 0.230. The number of hydrogen-bond acceptors (Lipinski definition) is 6. The Labute approximate surface area is 234 Å². The summed E-state index contributed by atoms with van der Waals surface area (Å²) in [6.07, 6.45) is 6.77. The van der Waals surface area contributed by atoms with E-state index in [9.17, 15) is 9.59 Å². The molecule has 6 aromatic rings. The van der Waals surface area contributed by atoms with Crippen molar-refractivity contribution in [2.45, 2.75) is 19.9 Å². The number of carbonyl (C=O) groups excluding carboxylic acids is 1. The maximum absolute atomic E-state index is 14.3. The van der Waals surface area contributed by atoms with Crippen LogP contribution in [0.15, 0.2) is 78.1 Å². The van der Waals surface area contributed by atoms with Crippen LogP contribution in [0.3, 0.4) is 0 Å². The van der Waals surface area contributed by atoms with Gasteiger partial charge in [0.15, 0.2) is 11.4 Å². The van der Waals surface area contributed by atoms with E-state index in [0.717, 1.165) is 11.1 Å². The van der Waals surface area contributed by atoms with Crippen molar-refractivity contribution in [3.63, 3.8) is 0 Å². The van der Waals surface area contributed by atoms with E-state index in [1.807, 2.05) is 44.3 Å². The van der Waals surface area contributed by atoms with Gasteiger partial charge < -0.3 is 11.1 Å². The van der Waals surface area contributed by atoms with Crippen molar-refractivity contribution in [3.05, 3.63) is 112 Å². The molecular weight excluding hydrogens is 518 g/mol. The van der Waals surface area contributed by atoms with Gasteiger partial charge in [0, 0.05) is 24.9 Å². The fourth-order valence-corrected chi connectivity index (χ4v) is 4.82. The smallest absolute Gasteiger partial charge is 0.362 e. The summed E-state index contributed by atoms with van der Waals surface area (Å²) in [4.78, 5) is 36.9. The first-order valence-corrected chi connectivity index (χ1v) is 12.9. The van der Waals surface area contributed by atoms with Gasteiger partial charge in [0.2, 0.25) is 0 Å². The van der Waals surface area contributed by atoms with Crippen LogP contribution in [0.1, 0.15) is 45.8 Å². The van der Waals surface area contributed by atoms with Gasteiger partial charge in [-0.15, -0.1) is 4.52 Å². The number of nitrogens with zero attached hydrogens (tertiary/aromatic N) is 6. The van der Waals surface area contributed by atoms with Gasteiger partial charge in [-0.3, -0.25) is 18.8 Å². The van der Waals surface area contributed by atoms with Gasteiger partial charge in [0.25, 0.3) is 11.5 Å². The van der Waals surface area contributed by atoms with Crippen LogP contribution in [0.2, 0.25) is 0 Å². The minimum atomic E-state index is -0.678. The number of aromatic nitrogens is 7. The van der Waals surface area contributed by atoms with Gasteiger partial charge in [0.05, 0.1) is 34.4 Å². The molecule has 0 aliphatic rings. The third kappa shape index (κ3) is 4.57. The highest BCUT2D eigenvalue weighted by Crippen LogP contribution is 2.23. The topological polar surface area (TPSA) is 141 Å². The number of anilines is 1. The number of H-pyrrole nitrogens is 1. The number of nitrogens with two attached hydrogens (primary N) is 1. The molecule has 11 nitrogen and oxygen atoms in total. The zero-order chi connectivity index (χ0) is 28.7. The lowest BCUT2D eigenvalue weighted by Crippen LogP contribution is -2.34. The average molecular weight is 545 g/mol. The van der Waals surface area contributed by atoms with E-state index in [2.05, 4.69) is 32.3 Å². The number of aryl methyl sites for hydroxylation is 2. The molecular formula is C30H26N9O2+. The van der Waals surface area contributed by atoms with Crippen LogP contribution in [0.4, 0.5) is 5.82 Å². The van der Waals surface area contributed by atoms with E-state index in [0.29, 0.717) is 33.6 Å². The Morgan fingerprint density at radius 1 is 1.15 bits per heavy atom. The van der Waals surface area contributed by atoms with Gasteiger partial charge in [-0.2, -0.15) is 5.10 Å². The van der Waals surface area contributed by atoms with E-state index in [1.54, 1.807) is 63.7 Å². The molecule has 41 heavy (non-hydrogen) atoms. The van der Waals surface area contributed by atoms with Crippen LogP contribution >= 0.6 is 0 Å². The predicted molar refractivity (Wildman–Crippen MR) is 153 cm³/mol. The number of hydrogen-bond donors (Lipinski definition) is 3. The van der Waals surface area contributed by atoms with E-state index in [-0.39, 0.29) is 16.9 Å². The van der Waals surface area contributed by atoms with Crippen molar-refractivity contribution in [2.75, 3.05) is 5.73 Å². The molecule has 0 radical (unpaired) electrons. The molecule has 11 heteroatoms. The fraction of sp³-hybridized carbons (Fsp3) is 0.133. The van der Waals surface area contributed by atoms with Crippen molar-refractivity contribution in [1.82, 2.24) is 34.7 Å². The molecule has 4 N–H and O–H groups in total. The van der Waals surface area contributed by atoms with Crippen LogP contribution in [-0.2, 0) is 7.05 Å². The lowest BCUT2D eigenvalue weighted by Gasteiger charge is -2.20. The lowest BCUT2D eigenvalue weighted by molar-refractivity contribution is -0.577. The molecule has 0 saturated heterocycles. The van der Waals surface area contributed by atoms with Crippen LogP contribution < -0.4 is 21.1 Å². The summed E-state index contributed by atoms with van der Waals surface area (Å²) in [6, 6.07) is 13.9. The summed E-state index contributed by atoms with van der Waals surface area (Å²) in [5.74, 6) is 6.29. The Morgan fingerprint density at radius 2 is 1.98 bits per heavy atom. The van der Waals surface area contributed by atoms with E-state index < -0.39 is 11.9 Å². The predicted octanol–water partition coefficient (Wildman–Crippen LogP) is 2.36. The summed E-state index contributed by atoms with van der Waals surface area (Å²) in [5, 5.41) is 10.4. The molecule has 1 amide bonds. The number of nitrogen functional groups attached to an aromatic ring is 1. The Morgan fingerprint density at radius 3 is 2.76 bits per heavy atom. The number of rotatable bonds is 4. The number of nitrogens with one attached hydrogen (secondary N) is 2. The summed E-state index contributed by atoms with van der Waals surface area (Å²) >= 11 is 0. The van der Waals surface area contributed by atoms with Crippen LogP contribution in [0.25, 0.3) is 22.2 Å². The molecule has 0 aliphatic heterocycles. The number of carbonyl (C=O) groups is 1. The van der Waals surface area contributed by atoms with Gasteiger partial charge >= 0.3 is 5.65 Å². The van der Waals surface area contributed by atoms with E-state index in [4.69, 9.17) is 10.7 Å². The molecule has 0 spiro atoms. The maximum atomic E-state index is 14.3. The number of aromatic amines is 1. The summed E-state index contributed by atoms with van der Waals surface area (Å²) in [5.41, 5.74) is 9.70. The molecule has 4 aromatic heterocycles. The summed E-state index contributed by atoms with van der Waals surface area (Å²) in [6.45, 7) is 3.70. The molecule has 0 bridgehead atoms. The Bertz CT molecular complexity index is 2090. The van der Waals surface area contributed by atoms with Gasteiger partial charge in [-0.25, -0.2) is 10.1 Å². The molecule has 0 fully saturated rings. The first kappa shape index (κ1) is 25.5. The molecule has 1 atom stereocenters. The minimum absolute atomic E-state index is 0.174. The molecule has 0 aliphatic carbocycles. The van der Waals surface area contributed by atoms with Gasteiger partial charge in [-0.05, 0) is 42.6 Å². The molecule has 202 valence electrons. The molecule has 4 heterocycles. The summed E-state index contributed by atoms with van der Waals surface area (Å²) in [7, 11) is 1.82. The van der Waals surface area contributed by atoms with E-state index in [1.165, 1.54) is 0 Å². The molecule has 6 rings (SSSR count). The zero-order valence-electron chi connectivity index (χ0n) is 22.6. The second-order valence-electron chi connectivity index (χ2n) is 9.66. The molecule has 0 saturated carbocycles. The number of benzene rings is 2. The molecule has 1 unspecified atom stereocenters. The first-order chi connectivity index (χ1) is 19.8. The normalized spacial score (nSPS) is 11.8. The van der Waals surface area contributed by atoms with Crippen LogP contribution in [-0.4, -0.2) is 35.3 Å². The fourth-order valence-electron chi connectivity index (χ4n) is 4.82. The lowest BCUT2D eigenvalue weighted by atomic mass is 10.1. The first-order valence-electron chi connectivity index (χ1n) is 12.9. The van der Waals surface area contributed by atoms with Gasteiger partial charge in [-0.1, -0.05) is 36.1 Å². The van der Waals surface area contributed by atoms with Crippen molar-refractivity contribution in [3.8, 4) is 17.5 Å². The highest BCUT2D eigenvalue weighted by atomic mass is 16.2. The van der Waals surface area contributed by atoms with Crippen LogP contribution in [0, 0.1) is 18.8 Å². The Hall–Kier alpha value is -5.76. The number of fused-ring (bicyclic) bond motifs is 2. The average Bonchev–Trinajstić information content (AvgIpc) is 3.53. The Kier molecular flexibility index (Phi) is 6.28. The largest absolute Gasteiger partial charge is 0.382 e. The van der Waals surface area contributed by atoms with Gasteiger partial charge in [0.1, 0.15) is 18.2 Å². The third-order valence-corrected chi connectivity index (χ3v) is 6.77. The monoisotopic (exact) mass is 544 g/mol. The SMILES string of the molecule is Cc1ccccc1-n1c(C(C)NC(=O)c2c(N)[nH][n+]3cccnc23)nc2cccc(C#Cc3cnn(C)c3)c2c1=O. The van der Waals surface area contributed by atoms with E-state index >= 15 is 0 Å². The standard InChI is InChI=1S/C30H25N9O2/c1-18-8-4-5-11-23(18)39-27(19(2)34-29(40)25-26(31)36-38-15-7-14-32-28(25)38)35-22-10-6-9-21(24(22)30(39)41)13-12-20-16-33-37(3)17-20/h4-11,14-17,19H,1-3H3,(H3,31,34,36,40)/p+1. The van der Waals surface area contributed by atoms with Crippen molar-refractivity contribution >= 4 is 28.3 Å². The van der Waals surface area contributed by atoms with Crippen molar-refractivity contribution in [2.24, 2.45) is 7.05 Å². The number of para-hydroxylation sites is 1. The minimum Gasteiger partial charge on any atom is -0.382 e. The highest BCUT2D eigenvalue weighted by Gasteiger charge is 2.28. The van der Waals surface area contributed by atoms with Crippen molar-refractivity contribution < 1.29 is 9.31 Å². The second kappa shape index (κ2) is 10.1. The van der Waals surface area contributed by atoms with Crippen LogP contribution in [0.5, 0.6) is 0 Å². The third-order valence-electron chi connectivity index (χ3n) is 6.77. The van der Waals surface area contributed by atoms with Crippen molar-refractivity contribution in [1.29, 1.82) is 0 Å². The zero-order valence-corrected chi connectivity index (χ0v) is 22.6. The molecule has 2 aromatic carbocycles. The highest BCUT2D eigenvalue weighted by molar-refractivity contribution is 6.03. The number of amides is 1. The second-order valence-corrected chi connectivity index (χ2v) is 9.66.